The average molecular weight is 274 g/mol. The highest BCUT2D eigenvalue weighted by molar-refractivity contribution is 5.94. The zero-order chi connectivity index (χ0) is 14.1. The van der Waals surface area contributed by atoms with Crippen molar-refractivity contribution >= 4 is 5.91 Å². The van der Waals surface area contributed by atoms with Gasteiger partial charge in [-0.05, 0) is 50.1 Å². The van der Waals surface area contributed by atoms with Gasteiger partial charge in [-0.25, -0.2) is 0 Å². The van der Waals surface area contributed by atoms with Crippen molar-refractivity contribution in [2.24, 2.45) is 0 Å². The first-order chi connectivity index (χ1) is 9.63. The summed E-state index contributed by atoms with van der Waals surface area (Å²) in [6.45, 7) is 7.29. The van der Waals surface area contributed by atoms with Gasteiger partial charge in [0.25, 0.3) is 5.91 Å². The van der Waals surface area contributed by atoms with Gasteiger partial charge in [-0.1, -0.05) is 6.07 Å². The summed E-state index contributed by atoms with van der Waals surface area (Å²) in [6, 6.07) is 6.13. The molecule has 4 heteroatoms. The van der Waals surface area contributed by atoms with E-state index in [1.54, 1.807) is 0 Å². The molecule has 0 aromatic heterocycles. The van der Waals surface area contributed by atoms with Crippen LogP contribution in [0.25, 0.3) is 0 Å². The van der Waals surface area contributed by atoms with E-state index in [4.69, 9.17) is 4.74 Å². The molecule has 108 valence electrons. The largest absolute Gasteiger partial charge is 0.372 e. The SMILES string of the molecule is CC1CN(C(=O)c2ccc3c(c2)CNCC3)CC(C)O1. The predicted molar refractivity (Wildman–Crippen MR) is 77.8 cm³/mol. The topological polar surface area (TPSA) is 41.6 Å². The maximum absolute atomic E-state index is 12.6. The lowest BCUT2D eigenvalue weighted by atomic mass is 9.98. The Kier molecular flexibility index (Phi) is 3.76. The normalized spacial score (nSPS) is 26.2. The highest BCUT2D eigenvalue weighted by Crippen LogP contribution is 2.19. The van der Waals surface area contributed by atoms with E-state index in [0.717, 1.165) is 25.1 Å². The summed E-state index contributed by atoms with van der Waals surface area (Å²) in [7, 11) is 0. The van der Waals surface area contributed by atoms with Crippen molar-refractivity contribution in [1.82, 2.24) is 10.2 Å². The highest BCUT2D eigenvalue weighted by Gasteiger charge is 2.27. The lowest BCUT2D eigenvalue weighted by Gasteiger charge is -2.35. The number of benzene rings is 1. The van der Waals surface area contributed by atoms with Crippen molar-refractivity contribution in [3.63, 3.8) is 0 Å². The third-order valence-corrected chi connectivity index (χ3v) is 4.05. The van der Waals surface area contributed by atoms with Crippen molar-refractivity contribution in [2.75, 3.05) is 19.6 Å². The van der Waals surface area contributed by atoms with E-state index >= 15 is 0 Å². The van der Waals surface area contributed by atoms with Crippen LogP contribution in [-0.2, 0) is 17.7 Å². The van der Waals surface area contributed by atoms with Gasteiger partial charge in [-0.15, -0.1) is 0 Å². The molecule has 1 N–H and O–H groups in total. The lowest BCUT2D eigenvalue weighted by molar-refractivity contribution is -0.0586. The number of amides is 1. The van der Waals surface area contributed by atoms with E-state index in [2.05, 4.69) is 17.4 Å². The van der Waals surface area contributed by atoms with E-state index in [9.17, 15) is 4.79 Å². The molecule has 0 bridgehead atoms. The summed E-state index contributed by atoms with van der Waals surface area (Å²) in [6.07, 6.45) is 1.28. The van der Waals surface area contributed by atoms with E-state index in [-0.39, 0.29) is 18.1 Å². The number of nitrogens with zero attached hydrogens (tertiary/aromatic N) is 1. The van der Waals surface area contributed by atoms with Gasteiger partial charge in [-0.2, -0.15) is 0 Å². The number of fused-ring (bicyclic) bond motifs is 1. The van der Waals surface area contributed by atoms with Crippen LogP contribution in [0, 0.1) is 0 Å². The molecule has 3 rings (SSSR count). The number of hydrogen-bond acceptors (Lipinski definition) is 3. The van der Waals surface area contributed by atoms with Gasteiger partial charge in [0.05, 0.1) is 12.2 Å². The van der Waals surface area contributed by atoms with E-state index in [1.807, 2.05) is 24.8 Å². The molecule has 1 fully saturated rings. The molecule has 0 spiro atoms. The maximum atomic E-state index is 12.6. The molecule has 2 atom stereocenters. The van der Waals surface area contributed by atoms with Crippen LogP contribution in [0.15, 0.2) is 18.2 Å². The summed E-state index contributed by atoms with van der Waals surface area (Å²) in [4.78, 5) is 14.5. The van der Waals surface area contributed by atoms with Crippen LogP contribution >= 0.6 is 0 Å². The molecule has 2 aliphatic rings. The van der Waals surface area contributed by atoms with Gasteiger partial charge in [0.1, 0.15) is 0 Å². The van der Waals surface area contributed by atoms with Crippen LogP contribution < -0.4 is 5.32 Å². The summed E-state index contributed by atoms with van der Waals surface area (Å²) < 4.78 is 5.69. The first kappa shape index (κ1) is 13.6. The van der Waals surface area contributed by atoms with Crippen molar-refractivity contribution in [2.45, 2.75) is 39.0 Å². The number of carbonyl (C=O) groups is 1. The van der Waals surface area contributed by atoms with Gasteiger partial charge in [0, 0.05) is 25.2 Å². The highest BCUT2D eigenvalue weighted by atomic mass is 16.5. The van der Waals surface area contributed by atoms with Crippen LogP contribution in [0.3, 0.4) is 0 Å². The molecule has 1 amide bonds. The summed E-state index contributed by atoms with van der Waals surface area (Å²) in [5.74, 6) is 0.125. The molecule has 1 saturated heterocycles. The second kappa shape index (κ2) is 5.54. The third-order valence-electron chi connectivity index (χ3n) is 4.05. The molecule has 2 heterocycles. The molecule has 2 aliphatic heterocycles. The molecule has 2 unspecified atom stereocenters. The van der Waals surface area contributed by atoms with Crippen LogP contribution in [0.4, 0.5) is 0 Å². The quantitative estimate of drug-likeness (QED) is 0.845. The van der Waals surface area contributed by atoms with Gasteiger partial charge in [-0.3, -0.25) is 4.79 Å². The zero-order valence-corrected chi connectivity index (χ0v) is 12.2. The molecular weight excluding hydrogens is 252 g/mol. The van der Waals surface area contributed by atoms with Crippen LogP contribution in [-0.4, -0.2) is 42.6 Å². The molecule has 0 saturated carbocycles. The van der Waals surface area contributed by atoms with Gasteiger partial charge < -0.3 is 15.0 Å². The number of carbonyl (C=O) groups excluding carboxylic acids is 1. The van der Waals surface area contributed by atoms with Gasteiger partial charge in [0.2, 0.25) is 0 Å². The number of nitrogens with one attached hydrogen (secondary N) is 1. The first-order valence-corrected chi connectivity index (χ1v) is 7.41. The van der Waals surface area contributed by atoms with Gasteiger partial charge in [0.15, 0.2) is 0 Å². The Balaban J connectivity index is 1.79. The molecule has 1 aromatic carbocycles. The first-order valence-electron chi connectivity index (χ1n) is 7.41. The molecule has 0 aliphatic carbocycles. The Hall–Kier alpha value is -1.39. The lowest BCUT2D eigenvalue weighted by Crippen LogP contribution is -2.48. The van der Waals surface area contributed by atoms with E-state index in [0.29, 0.717) is 13.1 Å². The smallest absolute Gasteiger partial charge is 0.254 e. The zero-order valence-electron chi connectivity index (χ0n) is 12.2. The monoisotopic (exact) mass is 274 g/mol. The summed E-state index contributed by atoms with van der Waals surface area (Å²) >= 11 is 0. The van der Waals surface area contributed by atoms with Gasteiger partial charge >= 0.3 is 0 Å². The molecular formula is C16H22N2O2. The van der Waals surface area contributed by atoms with Crippen LogP contribution in [0.5, 0.6) is 0 Å². The number of hydrogen-bond donors (Lipinski definition) is 1. The Morgan fingerprint density at radius 1 is 1.25 bits per heavy atom. The fraction of sp³-hybridized carbons (Fsp3) is 0.562. The van der Waals surface area contributed by atoms with Crippen molar-refractivity contribution in [3.05, 3.63) is 34.9 Å². The average Bonchev–Trinajstić information content (AvgIpc) is 2.45. The number of rotatable bonds is 1. The molecule has 4 nitrogen and oxygen atoms in total. The van der Waals surface area contributed by atoms with Crippen molar-refractivity contribution < 1.29 is 9.53 Å². The Morgan fingerprint density at radius 3 is 2.75 bits per heavy atom. The Bertz CT molecular complexity index is 505. The Labute approximate surface area is 120 Å². The fourth-order valence-corrected chi connectivity index (χ4v) is 3.14. The summed E-state index contributed by atoms with van der Waals surface area (Å²) in [5.41, 5.74) is 3.43. The minimum absolute atomic E-state index is 0.113. The molecule has 1 aromatic rings. The number of ether oxygens (including phenoxy) is 1. The third kappa shape index (κ3) is 2.72. The Morgan fingerprint density at radius 2 is 2.00 bits per heavy atom. The van der Waals surface area contributed by atoms with E-state index < -0.39 is 0 Å². The fourth-order valence-electron chi connectivity index (χ4n) is 3.14. The minimum atomic E-state index is 0.113. The molecule has 20 heavy (non-hydrogen) atoms. The predicted octanol–water partition coefficient (Wildman–Crippen LogP) is 1.58. The molecule has 0 radical (unpaired) electrons. The van der Waals surface area contributed by atoms with E-state index in [1.165, 1.54) is 11.1 Å². The minimum Gasteiger partial charge on any atom is -0.372 e. The van der Waals surface area contributed by atoms with Crippen LogP contribution in [0.2, 0.25) is 0 Å². The second-order valence-electron chi connectivity index (χ2n) is 5.88. The van der Waals surface area contributed by atoms with Crippen molar-refractivity contribution in [1.29, 1.82) is 0 Å². The standard InChI is InChI=1S/C16H22N2O2/c1-11-9-18(10-12(2)20-11)16(19)14-4-3-13-5-6-17-8-15(13)7-14/h3-4,7,11-12,17H,5-6,8-10H2,1-2H3. The maximum Gasteiger partial charge on any atom is 0.254 e. The second-order valence-corrected chi connectivity index (χ2v) is 5.88. The van der Waals surface area contributed by atoms with Crippen LogP contribution in [0.1, 0.15) is 35.3 Å². The number of morpholine rings is 1. The van der Waals surface area contributed by atoms with Crippen molar-refractivity contribution in [3.8, 4) is 0 Å². The summed E-state index contributed by atoms with van der Waals surface area (Å²) in [5, 5.41) is 3.36.